The Balaban J connectivity index is 1.50. The Labute approximate surface area is 255 Å². The fourth-order valence-corrected chi connectivity index (χ4v) is 5.21. The molecule has 0 saturated carbocycles. The summed E-state index contributed by atoms with van der Waals surface area (Å²) in [5.41, 5.74) is 3.99. The summed E-state index contributed by atoms with van der Waals surface area (Å²) in [6, 6.07) is 16.5. The molecule has 2 N–H and O–H groups in total. The third kappa shape index (κ3) is 9.63. The van der Waals surface area contributed by atoms with E-state index in [1.54, 1.807) is 31.4 Å². The van der Waals surface area contributed by atoms with Gasteiger partial charge in [-0.25, -0.2) is 8.78 Å². The van der Waals surface area contributed by atoms with Crippen molar-refractivity contribution in [2.75, 3.05) is 20.2 Å². The number of amides is 2. The molecule has 3 aromatic carbocycles. The zero-order chi connectivity index (χ0) is 31.8. The molecule has 0 aliphatic rings. The lowest BCUT2D eigenvalue weighted by molar-refractivity contribution is -0.121. The number of carbonyl (C=O) groups excluding carboxylic acids is 2. The summed E-state index contributed by atoms with van der Waals surface area (Å²) < 4.78 is 32.8. The second kappa shape index (κ2) is 14.6. The molecule has 0 fully saturated rings. The van der Waals surface area contributed by atoms with Crippen LogP contribution in [0.25, 0.3) is 0 Å². The van der Waals surface area contributed by atoms with Crippen molar-refractivity contribution in [3.8, 4) is 5.75 Å². The van der Waals surface area contributed by atoms with E-state index in [-0.39, 0.29) is 40.2 Å². The van der Waals surface area contributed by atoms with E-state index in [9.17, 15) is 18.4 Å². The van der Waals surface area contributed by atoms with Crippen LogP contribution < -0.4 is 15.4 Å². The number of benzene rings is 3. The molecule has 7 heteroatoms. The Morgan fingerprint density at radius 1 is 0.744 bits per heavy atom. The maximum Gasteiger partial charge on any atom is 0.251 e. The van der Waals surface area contributed by atoms with Crippen LogP contribution in [0.15, 0.2) is 60.7 Å². The summed E-state index contributed by atoms with van der Waals surface area (Å²) >= 11 is 0. The predicted molar refractivity (Wildman–Crippen MR) is 169 cm³/mol. The fourth-order valence-electron chi connectivity index (χ4n) is 5.21. The largest absolute Gasteiger partial charge is 0.496 e. The number of halogens is 2. The van der Waals surface area contributed by atoms with Gasteiger partial charge in [0.15, 0.2) is 0 Å². The topological polar surface area (TPSA) is 67.4 Å². The van der Waals surface area contributed by atoms with Crippen molar-refractivity contribution in [2.45, 2.75) is 84.0 Å². The van der Waals surface area contributed by atoms with Crippen molar-refractivity contribution in [3.63, 3.8) is 0 Å². The number of hydrogen-bond acceptors (Lipinski definition) is 3. The van der Waals surface area contributed by atoms with Gasteiger partial charge in [-0.05, 0) is 71.2 Å². The van der Waals surface area contributed by atoms with Crippen molar-refractivity contribution in [3.05, 3.63) is 100 Å². The summed E-state index contributed by atoms with van der Waals surface area (Å²) in [4.78, 5) is 25.6. The summed E-state index contributed by atoms with van der Waals surface area (Å²) in [6.07, 6.45) is 2.55. The minimum absolute atomic E-state index is 0.0185. The number of hydrogen-bond donors (Lipinski definition) is 2. The van der Waals surface area contributed by atoms with Gasteiger partial charge in [-0.15, -0.1) is 0 Å². The standard InChI is InChI=1S/C36H46F2N2O3/c1-35(2,3)30-22-26(23-31(33(30)43-7)36(4,5)6)34(42)40-21-20-39-32(41)11-9-8-10-29(24-12-16-27(37)17-13-24)25-14-18-28(38)19-15-25/h12-19,22-23,29H,8-11,20-21H2,1-7H3,(H,39,41)(H,40,42). The van der Waals surface area contributed by atoms with Crippen molar-refractivity contribution < 1.29 is 23.1 Å². The van der Waals surface area contributed by atoms with Gasteiger partial charge in [0, 0.05) is 42.1 Å². The number of ether oxygens (including phenoxy) is 1. The highest BCUT2D eigenvalue weighted by molar-refractivity contribution is 5.95. The Kier molecular flexibility index (Phi) is 11.5. The van der Waals surface area contributed by atoms with Gasteiger partial charge in [-0.2, -0.15) is 0 Å². The van der Waals surface area contributed by atoms with E-state index in [4.69, 9.17) is 4.74 Å². The molecule has 0 aliphatic heterocycles. The molecule has 5 nitrogen and oxygen atoms in total. The van der Waals surface area contributed by atoms with E-state index < -0.39 is 0 Å². The van der Waals surface area contributed by atoms with Gasteiger partial charge in [0.05, 0.1) is 7.11 Å². The molecule has 0 aliphatic carbocycles. The molecule has 0 unspecified atom stereocenters. The van der Waals surface area contributed by atoms with Crippen LogP contribution in [-0.4, -0.2) is 32.0 Å². The smallest absolute Gasteiger partial charge is 0.251 e. The van der Waals surface area contributed by atoms with Crippen LogP contribution in [-0.2, 0) is 15.6 Å². The van der Waals surface area contributed by atoms with Gasteiger partial charge in [0.2, 0.25) is 5.91 Å². The third-order valence-corrected chi connectivity index (χ3v) is 7.60. The Hall–Kier alpha value is -3.74. The molecule has 0 aromatic heterocycles. The van der Waals surface area contributed by atoms with Crippen LogP contribution >= 0.6 is 0 Å². The van der Waals surface area contributed by atoms with Crippen LogP contribution in [0.1, 0.15) is 106 Å². The molecule has 0 heterocycles. The van der Waals surface area contributed by atoms with E-state index in [1.807, 2.05) is 12.1 Å². The van der Waals surface area contributed by atoms with Crippen LogP contribution in [0.4, 0.5) is 8.78 Å². The fraction of sp³-hybridized carbons (Fsp3) is 0.444. The third-order valence-electron chi connectivity index (χ3n) is 7.60. The van der Waals surface area contributed by atoms with Crippen molar-refractivity contribution >= 4 is 11.8 Å². The second-order valence-corrected chi connectivity index (χ2v) is 13.1. The monoisotopic (exact) mass is 592 g/mol. The van der Waals surface area contributed by atoms with Gasteiger partial charge in [-0.1, -0.05) is 72.2 Å². The van der Waals surface area contributed by atoms with Crippen LogP contribution in [0.3, 0.4) is 0 Å². The predicted octanol–water partition coefficient (Wildman–Crippen LogP) is 7.81. The number of carbonyl (C=O) groups is 2. The quantitative estimate of drug-likeness (QED) is 0.211. The first kappa shape index (κ1) is 33.8. The highest BCUT2D eigenvalue weighted by Gasteiger charge is 2.28. The molecule has 232 valence electrons. The highest BCUT2D eigenvalue weighted by atomic mass is 19.1. The van der Waals surface area contributed by atoms with Gasteiger partial charge >= 0.3 is 0 Å². The first-order valence-corrected chi connectivity index (χ1v) is 15.0. The van der Waals surface area contributed by atoms with Gasteiger partial charge in [0.1, 0.15) is 17.4 Å². The normalized spacial score (nSPS) is 11.9. The summed E-state index contributed by atoms with van der Waals surface area (Å²) in [5.74, 6) is -0.0876. The average molecular weight is 593 g/mol. The van der Waals surface area contributed by atoms with E-state index >= 15 is 0 Å². The highest BCUT2D eigenvalue weighted by Crippen LogP contribution is 2.40. The molecule has 0 atom stereocenters. The SMILES string of the molecule is COc1c(C(C)(C)C)cc(C(=O)NCCNC(=O)CCCCC(c2ccc(F)cc2)c2ccc(F)cc2)cc1C(C)(C)C. The number of unbranched alkanes of at least 4 members (excludes halogenated alkanes) is 1. The summed E-state index contributed by atoms with van der Waals surface area (Å²) in [5, 5.41) is 5.81. The molecule has 0 bridgehead atoms. The van der Waals surface area contributed by atoms with Gasteiger partial charge in [-0.3, -0.25) is 9.59 Å². The lowest BCUT2D eigenvalue weighted by atomic mass is 9.78. The first-order chi connectivity index (χ1) is 20.2. The minimum atomic E-state index is -0.303. The van der Waals surface area contributed by atoms with Gasteiger partial charge < -0.3 is 15.4 Å². The van der Waals surface area contributed by atoms with Crippen molar-refractivity contribution in [1.82, 2.24) is 10.6 Å². The zero-order valence-electron chi connectivity index (χ0n) is 26.6. The Morgan fingerprint density at radius 3 is 1.65 bits per heavy atom. The molecule has 2 amide bonds. The molecular formula is C36H46F2N2O3. The average Bonchev–Trinajstić information content (AvgIpc) is 2.95. The zero-order valence-corrected chi connectivity index (χ0v) is 26.6. The van der Waals surface area contributed by atoms with Crippen LogP contribution in [0.5, 0.6) is 5.75 Å². The molecular weight excluding hydrogens is 546 g/mol. The van der Waals surface area contributed by atoms with E-state index in [0.29, 0.717) is 31.5 Å². The molecule has 3 aromatic rings. The number of nitrogens with one attached hydrogen (secondary N) is 2. The van der Waals surface area contributed by atoms with E-state index in [2.05, 4.69) is 52.2 Å². The molecule has 0 saturated heterocycles. The second-order valence-electron chi connectivity index (χ2n) is 13.1. The van der Waals surface area contributed by atoms with Gasteiger partial charge in [0.25, 0.3) is 5.91 Å². The lowest BCUT2D eigenvalue weighted by Gasteiger charge is -2.29. The van der Waals surface area contributed by atoms with Crippen molar-refractivity contribution in [2.24, 2.45) is 0 Å². The van der Waals surface area contributed by atoms with E-state index in [1.165, 1.54) is 24.3 Å². The maximum atomic E-state index is 13.5. The minimum Gasteiger partial charge on any atom is -0.496 e. The first-order valence-electron chi connectivity index (χ1n) is 15.0. The summed E-state index contributed by atoms with van der Waals surface area (Å²) in [7, 11) is 1.66. The maximum absolute atomic E-state index is 13.5. The molecule has 3 rings (SSSR count). The number of rotatable bonds is 12. The Morgan fingerprint density at radius 2 is 1.21 bits per heavy atom. The molecule has 0 spiro atoms. The lowest BCUT2D eigenvalue weighted by Crippen LogP contribution is -2.35. The summed E-state index contributed by atoms with van der Waals surface area (Å²) in [6.45, 7) is 13.2. The van der Waals surface area contributed by atoms with Crippen molar-refractivity contribution in [1.29, 1.82) is 0 Å². The molecule has 43 heavy (non-hydrogen) atoms. The Bertz CT molecular complexity index is 1290. The van der Waals surface area contributed by atoms with E-state index in [0.717, 1.165) is 40.8 Å². The molecule has 0 radical (unpaired) electrons. The van der Waals surface area contributed by atoms with Crippen LogP contribution in [0.2, 0.25) is 0 Å². The number of methoxy groups -OCH3 is 1. The van der Waals surface area contributed by atoms with Crippen LogP contribution in [0, 0.1) is 11.6 Å².